The molecule has 2 amide bonds. The highest BCUT2D eigenvalue weighted by Gasteiger charge is 2.30. The van der Waals surface area contributed by atoms with E-state index in [1.54, 1.807) is 28.0 Å². The van der Waals surface area contributed by atoms with Gasteiger partial charge < -0.3 is 24.0 Å². The Morgan fingerprint density at radius 2 is 1.64 bits per heavy atom. The van der Waals surface area contributed by atoms with Crippen LogP contribution < -0.4 is 19.3 Å². The molecule has 2 aromatic carbocycles. The van der Waals surface area contributed by atoms with Crippen LogP contribution in [0.2, 0.25) is 0 Å². The van der Waals surface area contributed by atoms with E-state index in [1.165, 1.54) is 0 Å². The number of hydrogen-bond acceptors (Lipinski definition) is 8. The Morgan fingerprint density at radius 1 is 0.917 bits per heavy atom. The smallest absolute Gasteiger partial charge is 0.260 e. The first-order valence-electron chi connectivity index (χ1n) is 12.1. The van der Waals surface area contributed by atoms with Gasteiger partial charge in [0.1, 0.15) is 0 Å². The summed E-state index contributed by atoms with van der Waals surface area (Å²) < 4.78 is 16.8. The van der Waals surface area contributed by atoms with Gasteiger partial charge in [-0.05, 0) is 37.3 Å². The number of carbonyl (C=O) groups excluding carboxylic acids is 2. The van der Waals surface area contributed by atoms with Gasteiger partial charge in [-0.1, -0.05) is 12.1 Å². The molecule has 0 atom stereocenters. The Morgan fingerprint density at radius 3 is 2.36 bits per heavy atom. The molecule has 10 nitrogen and oxygen atoms in total. The lowest BCUT2D eigenvalue weighted by Gasteiger charge is -2.33. The monoisotopic (exact) mass is 491 g/mol. The zero-order valence-corrected chi connectivity index (χ0v) is 20.5. The highest BCUT2D eigenvalue weighted by Crippen LogP contribution is 2.34. The average molecular weight is 492 g/mol. The molecule has 2 aliphatic heterocycles. The Labute approximate surface area is 209 Å². The van der Waals surface area contributed by atoms with Crippen LogP contribution in [0.15, 0.2) is 42.5 Å². The van der Waals surface area contributed by atoms with Gasteiger partial charge in [0.25, 0.3) is 11.8 Å². The minimum atomic E-state index is -0.203. The van der Waals surface area contributed by atoms with Crippen molar-refractivity contribution in [2.24, 2.45) is 0 Å². The topological polar surface area (TPSA) is 97.3 Å². The van der Waals surface area contributed by atoms with E-state index < -0.39 is 0 Å². The van der Waals surface area contributed by atoms with Gasteiger partial charge in [0, 0.05) is 38.8 Å². The molecule has 188 valence electrons. The van der Waals surface area contributed by atoms with E-state index in [9.17, 15) is 9.59 Å². The second-order valence-corrected chi connectivity index (χ2v) is 8.61. The molecule has 3 heterocycles. The van der Waals surface area contributed by atoms with Crippen molar-refractivity contribution in [3.8, 4) is 11.5 Å². The normalized spacial score (nSPS) is 15.6. The van der Waals surface area contributed by atoms with Gasteiger partial charge in [0.2, 0.25) is 0 Å². The van der Waals surface area contributed by atoms with E-state index in [1.807, 2.05) is 43.1 Å². The molecule has 2 aliphatic rings. The molecule has 0 saturated carbocycles. The number of amides is 2. The van der Waals surface area contributed by atoms with Crippen molar-refractivity contribution in [3.05, 3.63) is 48.0 Å². The number of rotatable bonds is 6. The van der Waals surface area contributed by atoms with Crippen LogP contribution in [0.3, 0.4) is 0 Å². The van der Waals surface area contributed by atoms with Crippen molar-refractivity contribution >= 4 is 34.5 Å². The Kier molecular flexibility index (Phi) is 6.86. The standard InChI is InChI=1S/C26H29N5O5/c1-3-35-22-16-18(8-9-21(22)36-17-23(32)30-12-14-34-15-13-30)26(33)31-11-10-29(2)24-25(31)28-20-7-5-4-6-19(20)27-24/h4-9,16H,3,10-15,17H2,1-2H3. The molecule has 3 aromatic rings. The summed E-state index contributed by atoms with van der Waals surface area (Å²) in [6, 6.07) is 12.6. The zero-order chi connectivity index (χ0) is 25.1. The molecule has 1 saturated heterocycles. The summed E-state index contributed by atoms with van der Waals surface area (Å²) in [5, 5.41) is 0. The van der Waals surface area contributed by atoms with E-state index in [4.69, 9.17) is 24.2 Å². The Hall–Kier alpha value is -3.92. The number of hydrogen-bond donors (Lipinski definition) is 0. The summed E-state index contributed by atoms with van der Waals surface area (Å²) in [4.78, 5) is 41.0. The van der Waals surface area contributed by atoms with Gasteiger partial charge in [-0.2, -0.15) is 0 Å². The molecule has 0 bridgehead atoms. The van der Waals surface area contributed by atoms with Gasteiger partial charge in [0.15, 0.2) is 29.7 Å². The predicted octanol–water partition coefficient (Wildman–Crippen LogP) is 2.36. The van der Waals surface area contributed by atoms with Crippen molar-refractivity contribution in [3.63, 3.8) is 0 Å². The predicted molar refractivity (Wildman–Crippen MR) is 135 cm³/mol. The molecule has 5 rings (SSSR count). The lowest BCUT2D eigenvalue weighted by atomic mass is 10.1. The van der Waals surface area contributed by atoms with Crippen molar-refractivity contribution in [2.45, 2.75) is 6.92 Å². The van der Waals surface area contributed by atoms with Crippen LogP contribution in [0.5, 0.6) is 11.5 Å². The summed E-state index contributed by atoms with van der Waals surface area (Å²) in [6.07, 6.45) is 0. The number of anilines is 2. The largest absolute Gasteiger partial charge is 0.490 e. The van der Waals surface area contributed by atoms with E-state index in [-0.39, 0.29) is 18.4 Å². The summed E-state index contributed by atoms with van der Waals surface area (Å²) in [5.74, 6) is 1.71. The third-order valence-electron chi connectivity index (χ3n) is 6.26. The van der Waals surface area contributed by atoms with Gasteiger partial charge in [-0.3, -0.25) is 14.5 Å². The fourth-order valence-corrected chi connectivity index (χ4v) is 4.31. The molecule has 0 N–H and O–H groups in total. The number of aromatic nitrogens is 2. The number of morpholine rings is 1. The molecule has 1 fully saturated rings. The summed E-state index contributed by atoms with van der Waals surface area (Å²) >= 11 is 0. The number of benzene rings is 2. The molecule has 1 aromatic heterocycles. The van der Waals surface area contributed by atoms with E-state index in [2.05, 4.69) is 0 Å². The fourth-order valence-electron chi connectivity index (χ4n) is 4.31. The molecule has 0 unspecified atom stereocenters. The first-order valence-corrected chi connectivity index (χ1v) is 12.1. The van der Waals surface area contributed by atoms with Crippen LogP contribution in [-0.2, 0) is 9.53 Å². The van der Waals surface area contributed by atoms with E-state index in [0.717, 1.165) is 11.0 Å². The van der Waals surface area contributed by atoms with Crippen molar-refractivity contribution < 1.29 is 23.8 Å². The van der Waals surface area contributed by atoms with Gasteiger partial charge in [0.05, 0.1) is 30.9 Å². The zero-order valence-electron chi connectivity index (χ0n) is 20.5. The number of nitrogens with zero attached hydrogens (tertiary/aromatic N) is 5. The van der Waals surface area contributed by atoms with Crippen LogP contribution in [0.25, 0.3) is 11.0 Å². The summed E-state index contributed by atoms with van der Waals surface area (Å²) in [7, 11) is 1.95. The highest BCUT2D eigenvalue weighted by atomic mass is 16.5. The van der Waals surface area contributed by atoms with Gasteiger partial charge >= 0.3 is 0 Å². The number of para-hydroxylation sites is 2. The summed E-state index contributed by atoms with van der Waals surface area (Å²) in [6.45, 7) is 5.42. The minimum Gasteiger partial charge on any atom is -0.490 e. The lowest BCUT2D eigenvalue weighted by molar-refractivity contribution is -0.137. The SMILES string of the molecule is CCOc1cc(C(=O)N2CCN(C)c3nc4ccccc4nc32)ccc1OCC(=O)N1CCOCC1. The maximum Gasteiger partial charge on any atom is 0.260 e. The van der Waals surface area contributed by atoms with Crippen LogP contribution in [0.1, 0.15) is 17.3 Å². The number of likely N-dealkylation sites (N-methyl/N-ethyl adjacent to an activating group) is 1. The molecule has 0 radical (unpaired) electrons. The number of fused-ring (bicyclic) bond motifs is 2. The summed E-state index contributed by atoms with van der Waals surface area (Å²) in [5.41, 5.74) is 1.95. The Bertz CT molecular complexity index is 1280. The van der Waals surface area contributed by atoms with E-state index >= 15 is 0 Å². The molecular formula is C26H29N5O5. The quantitative estimate of drug-likeness (QED) is 0.519. The van der Waals surface area contributed by atoms with Crippen LogP contribution >= 0.6 is 0 Å². The van der Waals surface area contributed by atoms with Crippen LogP contribution in [0, 0.1) is 0 Å². The molecule has 36 heavy (non-hydrogen) atoms. The van der Waals surface area contributed by atoms with Gasteiger partial charge in [-0.25, -0.2) is 9.97 Å². The van der Waals surface area contributed by atoms with Crippen molar-refractivity contribution in [1.82, 2.24) is 14.9 Å². The van der Waals surface area contributed by atoms with Crippen LogP contribution in [-0.4, -0.2) is 86.3 Å². The highest BCUT2D eigenvalue weighted by molar-refractivity contribution is 6.08. The maximum absolute atomic E-state index is 13.6. The first kappa shape index (κ1) is 23.8. The maximum atomic E-state index is 13.6. The van der Waals surface area contributed by atoms with Gasteiger partial charge in [-0.15, -0.1) is 0 Å². The van der Waals surface area contributed by atoms with Crippen LogP contribution in [0.4, 0.5) is 11.6 Å². The van der Waals surface area contributed by atoms with Crippen molar-refractivity contribution in [2.75, 3.05) is 69.5 Å². The first-order chi connectivity index (χ1) is 17.5. The van der Waals surface area contributed by atoms with Crippen molar-refractivity contribution in [1.29, 1.82) is 0 Å². The number of carbonyl (C=O) groups is 2. The second kappa shape index (κ2) is 10.4. The third-order valence-corrected chi connectivity index (χ3v) is 6.26. The lowest BCUT2D eigenvalue weighted by Crippen LogP contribution is -2.43. The third kappa shape index (κ3) is 4.76. The molecule has 0 spiro atoms. The number of ether oxygens (including phenoxy) is 3. The molecular weight excluding hydrogens is 462 g/mol. The fraction of sp³-hybridized carbons (Fsp3) is 0.385. The average Bonchev–Trinajstić information content (AvgIpc) is 2.92. The molecule has 0 aliphatic carbocycles. The van der Waals surface area contributed by atoms with E-state index in [0.29, 0.717) is 74.7 Å². The minimum absolute atomic E-state index is 0.109. The molecule has 10 heteroatoms. The Balaban J connectivity index is 1.38. The second-order valence-electron chi connectivity index (χ2n) is 8.61.